The minimum Gasteiger partial charge on any atom is -0.371 e. The van der Waals surface area contributed by atoms with Crippen molar-refractivity contribution >= 4 is 17.8 Å². The Labute approximate surface area is 122 Å². The standard InChI is InChI=1S/C12H26F2O4Si2/c1-5-15-19(13,16-6-2)11-9-10-12(11)20(14,17-7-3)18-8-4/h11-12H,5-10H2,1-4H3. The summed E-state index contributed by atoms with van der Waals surface area (Å²) in [6.45, 7) is 7.81. The highest BCUT2D eigenvalue weighted by Crippen LogP contribution is 2.57. The van der Waals surface area contributed by atoms with Gasteiger partial charge in [-0.2, -0.15) is 0 Å². The molecule has 0 N–H and O–H groups in total. The number of hydrogen-bond acceptors (Lipinski definition) is 4. The SMILES string of the molecule is CCO[Si](F)(OCC)C1CCC1[Si](F)(OCC)OCC. The van der Waals surface area contributed by atoms with Crippen LogP contribution in [0.2, 0.25) is 11.1 Å². The molecular weight excluding hydrogens is 302 g/mol. The molecule has 4 nitrogen and oxygen atoms in total. The fourth-order valence-corrected chi connectivity index (χ4v) is 8.73. The third kappa shape index (κ3) is 3.86. The fraction of sp³-hybridized carbons (Fsp3) is 1.00. The molecule has 0 aromatic carbocycles. The summed E-state index contributed by atoms with van der Waals surface area (Å²) >= 11 is 0. The van der Waals surface area contributed by atoms with Crippen LogP contribution in [0, 0.1) is 0 Å². The second-order valence-corrected chi connectivity index (χ2v) is 9.65. The Hall–Kier alpha value is 0.134. The molecule has 0 radical (unpaired) electrons. The van der Waals surface area contributed by atoms with E-state index in [2.05, 4.69) is 0 Å². The van der Waals surface area contributed by atoms with Gasteiger partial charge >= 0.3 is 17.8 Å². The Bertz CT molecular complexity index is 257. The van der Waals surface area contributed by atoms with Gasteiger partial charge in [0.1, 0.15) is 0 Å². The molecule has 8 heteroatoms. The van der Waals surface area contributed by atoms with Gasteiger partial charge in [0, 0.05) is 37.5 Å². The van der Waals surface area contributed by atoms with E-state index in [1.807, 2.05) is 0 Å². The van der Waals surface area contributed by atoms with Crippen molar-refractivity contribution < 1.29 is 25.9 Å². The van der Waals surface area contributed by atoms with Crippen molar-refractivity contribution in [1.82, 2.24) is 0 Å². The van der Waals surface area contributed by atoms with Crippen LogP contribution in [0.15, 0.2) is 0 Å². The largest absolute Gasteiger partial charge is 0.543 e. The fourth-order valence-electron chi connectivity index (χ4n) is 2.62. The summed E-state index contributed by atoms with van der Waals surface area (Å²) in [5, 5.41) is 0. The van der Waals surface area contributed by atoms with Crippen LogP contribution in [-0.4, -0.2) is 44.2 Å². The molecule has 2 unspecified atom stereocenters. The van der Waals surface area contributed by atoms with Gasteiger partial charge in [0.2, 0.25) is 0 Å². The first-order valence-corrected chi connectivity index (χ1v) is 10.9. The maximum Gasteiger partial charge on any atom is 0.543 e. The van der Waals surface area contributed by atoms with Crippen LogP contribution in [-0.2, 0) is 17.7 Å². The molecule has 0 amide bonds. The molecule has 0 aliphatic heterocycles. The molecule has 2 atom stereocenters. The van der Waals surface area contributed by atoms with Crippen molar-refractivity contribution in [3.05, 3.63) is 0 Å². The molecular formula is C12H26F2O4Si2. The second kappa shape index (κ2) is 7.95. The highest BCUT2D eigenvalue weighted by Gasteiger charge is 2.66. The van der Waals surface area contributed by atoms with E-state index in [0.717, 1.165) is 0 Å². The summed E-state index contributed by atoms with van der Waals surface area (Å²) < 4.78 is 50.9. The molecule has 20 heavy (non-hydrogen) atoms. The maximum absolute atomic E-state index is 14.9. The molecule has 1 saturated carbocycles. The number of hydrogen-bond donors (Lipinski definition) is 0. The Morgan fingerprint density at radius 1 is 0.700 bits per heavy atom. The van der Waals surface area contributed by atoms with E-state index in [1.54, 1.807) is 27.7 Å². The van der Waals surface area contributed by atoms with Gasteiger partial charge in [-0.1, -0.05) is 0 Å². The average molecular weight is 329 g/mol. The minimum absolute atomic E-state index is 0.232. The number of rotatable bonds is 10. The Morgan fingerprint density at radius 2 is 0.950 bits per heavy atom. The van der Waals surface area contributed by atoms with Crippen molar-refractivity contribution in [3.8, 4) is 0 Å². The zero-order chi connectivity index (χ0) is 15.2. The zero-order valence-corrected chi connectivity index (χ0v) is 14.8. The van der Waals surface area contributed by atoms with E-state index in [1.165, 1.54) is 0 Å². The van der Waals surface area contributed by atoms with E-state index in [9.17, 15) is 8.22 Å². The van der Waals surface area contributed by atoms with Crippen molar-refractivity contribution in [1.29, 1.82) is 0 Å². The van der Waals surface area contributed by atoms with Crippen molar-refractivity contribution in [2.24, 2.45) is 0 Å². The second-order valence-electron chi connectivity index (χ2n) is 4.69. The predicted molar refractivity (Wildman–Crippen MR) is 77.0 cm³/mol. The van der Waals surface area contributed by atoms with Crippen LogP contribution >= 0.6 is 0 Å². The van der Waals surface area contributed by atoms with E-state index in [0.29, 0.717) is 12.8 Å². The van der Waals surface area contributed by atoms with Crippen molar-refractivity contribution in [3.63, 3.8) is 0 Å². The normalized spacial score (nSPS) is 23.7. The van der Waals surface area contributed by atoms with Gasteiger partial charge in [0.15, 0.2) is 0 Å². The predicted octanol–water partition coefficient (Wildman–Crippen LogP) is 3.48. The molecule has 0 aromatic rings. The Balaban J connectivity index is 2.85. The highest BCUT2D eigenvalue weighted by molar-refractivity contribution is 6.69. The summed E-state index contributed by atoms with van der Waals surface area (Å²) in [6, 6.07) is 0. The zero-order valence-electron chi connectivity index (χ0n) is 12.8. The minimum atomic E-state index is -3.86. The van der Waals surface area contributed by atoms with Crippen molar-refractivity contribution in [2.45, 2.75) is 51.6 Å². The summed E-state index contributed by atoms with van der Waals surface area (Å²) in [5.74, 6) is 0. The van der Waals surface area contributed by atoms with Gasteiger partial charge < -0.3 is 17.7 Å². The van der Waals surface area contributed by atoms with Gasteiger partial charge in [-0.15, -0.1) is 0 Å². The topological polar surface area (TPSA) is 36.9 Å². The summed E-state index contributed by atoms with van der Waals surface area (Å²) in [7, 11) is -7.72. The third-order valence-corrected chi connectivity index (χ3v) is 9.74. The van der Waals surface area contributed by atoms with Crippen LogP contribution in [0.1, 0.15) is 40.5 Å². The van der Waals surface area contributed by atoms with E-state index in [-0.39, 0.29) is 26.4 Å². The molecule has 0 saturated heterocycles. The van der Waals surface area contributed by atoms with Gasteiger partial charge in [0.25, 0.3) is 0 Å². The molecule has 1 aliphatic carbocycles. The van der Waals surface area contributed by atoms with Crippen LogP contribution in [0.25, 0.3) is 0 Å². The molecule has 120 valence electrons. The molecule has 0 aromatic heterocycles. The van der Waals surface area contributed by atoms with Crippen LogP contribution in [0.4, 0.5) is 8.22 Å². The quantitative estimate of drug-likeness (QED) is 0.454. The van der Waals surface area contributed by atoms with Gasteiger partial charge in [-0.25, -0.2) is 8.22 Å². The highest BCUT2D eigenvalue weighted by atomic mass is 28.4. The summed E-state index contributed by atoms with van der Waals surface area (Å²) in [6.07, 6.45) is 1.15. The molecule has 1 aliphatic rings. The smallest absolute Gasteiger partial charge is 0.371 e. The van der Waals surface area contributed by atoms with Crippen LogP contribution in [0.5, 0.6) is 0 Å². The maximum atomic E-state index is 14.9. The summed E-state index contributed by atoms with van der Waals surface area (Å²) in [4.78, 5) is 0. The average Bonchev–Trinajstić information content (AvgIpc) is 2.27. The molecule has 1 rings (SSSR count). The lowest BCUT2D eigenvalue weighted by Crippen LogP contribution is -2.56. The summed E-state index contributed by atoms with van der Waals surface area (Å²) in [5.41, 5.74) is -1.06. The van der Waals surface area contributed by atoms with Crippen molar-refractivity contribution in [2.75, 3.05) is 26.4 Å². The Kier molecular flexibility index (Phi) is 7.23. The Morgan fingerprint density at radius 3 is 1.10 bits per heavy atom. The van der Waals surface area contributed by atoms with E-state index < -0.39 is 28.9 Å². The van der Waals surface area contributed by atoms with Crippen LogP contribution in [0.3, 0.4) is 0 Å². The molecule has 0 bridgehead atoms. The van der Waals surface area contributed by atoms with Crippen LogP contribution < -0.4 is 0 Å². The lowest BCUT2D eigenvalue weighted by molar-refractivity contribution is 0.0849. The lowest BCUT2D eigenvalue weighted by atomic mass is 9.98. The first kappa shape index (κ1) is 18.2. The first-order chi connectivity index (χ1) is 9.47. The lowest BCUT2D eigenvalue weighted by Gasteiger charge is -2.45. The van der Waals surface area contributed by atoms with Gasteiger partial charge in [0.05, 0.1) is 0 Å². The third-order valence-electron chi connectivity index (χ3n) is 3.52. The molecule has 0 heterocycles. The van der Waals surface area contributed by atoms with Gasteiger partial charge in [-0.05, 0) is 40.5 Å². The first-order valence-electron chi connectivity index (χ1n) is 7.40. The number of halogens is 2. The van der Waals surface area contributed by atoms with E-state index in [4.69, 9.17) is 17.7 Å². The molecule has 1 fully saturated rings. The van der Waals surface area contributed by atoms with Gasteiger partial charge in [-0.3, -0.25) is 0 Å². The molecule has 0 spiro atoms. The monoisotopic (exact) mass is 328 g/mol. The van der Waals surface area contributed by atoms with E-state index >= 15 is 0 Å².